The average molecular weight is 337 g/mol. The Hall–Kier alpha value is -2.77. The minimum atomic E-state index is -0.801. The van der Waals surface area contributed by atoms with Gasteiger partial charge in [0.15, 0.2) is 5.82 Å². The molecule has 0 saturated heterocycles. The molecule has 1 atom stereocenters. The Morgan fingerprint density at radius 3 is 2.71 bits per heavy atom. The summed E-state index contributed by atoms with van der Waals surface area (Å²) in [4.78, 5) is 25.3. The fourth-order valence-electron chi connectivity index (χ4n) is 2.03. The number of aromatic nitrogens is 2. The molecule has 0 saturated carbocycles. The standard InChI is InChI=1S/C16H17F2N3O3/c1-4-24-16(23)10(2)20(3)15(22)11-8-19-21(9-11)14-6-5-12(17)7-13(14)18/h5-10H,4H2,1-3H3/t10-/m0/s1. The highest BCUT2D eigenvalue weighted by atomic mass is 19.1. The van der Waals surface area contributed by atoms with Crippen molar-refractivity contribution >= 4 is 11.9 Å². The number of nitrogens with zero attached hydrogens (tertiary/aromatic N) is 3. The second kappa shape index (κ2) is 7.20. The van der Waals surface area contributed by atoms with Crippen molar-refractivity contribution in [2.45, 2.75) is 19.9 Å². The first-order chi connectivity index (χ1) is 11.3. The number of hydrogen-bond acceptors (Lipinski definition) is 4. The maximum absolute atomic E-state index is 13.8. The maximum atomic E-state index is 13.8. The number of halogens is 2. The molecule has 8 heteroatoms. The summed E-state index contributed by atoms with van der Waals surface area (Å²) in [5.41, 5.74) is 0.175. The van der Waals surface area contributed by atoms with Gasteiger partial charge in [0.05, 0.1) is 18.4 Å². The van der Waals surface area contributed by atoms with Crippen LogP contribution in [-0.2, 0) is 9.53 Å². The Bertz CT molecular complexity index is 761. The second-order valence-corrected chi connectivity index (χ2v) is 5.11. The number of ether oxygens (including phenoxy) is 1. The van der Waals surface area contributed by atoms with Crippen molar-refractivity contribution in [3.8, 4) is 5.69 Å². The molecule has 0 aliphatic carbocycles. The van der Waals surface area contributed by atoms with Crippen LogP contribution in [0.1, 0.15) is 24.2 Å². The Kier molecular flexibility index (Phi) is 5.28. The summed E-state index contributed by atoms with van der Waals surface area (Å²) < 4.78 is 32.7. The lowest BCUT2D eigenvalue weighted by atomic mass is 10.2. The second-order valence-electron chi connectivity index (χ2n) is 5.11. The van der Waals surface area contributed by atoms with Crippen LogP contribution in [0.4, 0.5) is 8.78 Å². The molecular weight excluding hydrogens is 320 g/mol. The molecule has 128 valence electrons. The van der Waals surface area contributed by atoms with Gasteiger partial charge in [0.25, 0.3) is 5.91 Å². The van der Waals surface area contributed by atoms with Gasteiger partial charge in [0.2, 0.25) is 0 Å². The molecule has 1 aromatic carbocycles. The van der Waals surface area contributed by atoms with E-state index in [4.69, 9.17) is 4.74 Å². The Morgan fingerprint density at radius 1 is 1.38 bits per heavy atom. The lowest BCUT2D eigenvalue weighted by Crippen LogP contribution is -2.41. The molecule has 1 aromatic heterocycles. The Balaban J connectivity index is 2.20. The molecule has 24 heavy (non-hydrogen) atoms. The summed E-state index contributed by atoms with van der Waals surface area (Å²) in [6, 6.07) is 2.27. The number of amides is 1. The van der Waals surface area contributed by atoms with E-state index in [1.54, 1.807) is 13.8 Å². The zero-order valence-corrected chi connectivity index (χ0v) is 13.5. The van der Waals surface area contributed by atoms with E-state index < -0.39 is 29.6 Å². The van der Waals surface area contributed by atoms with Crippen LogP contribution < -0.4 is 0 Å². The van der Waals surface area contributed by atoms with E-state index >= 15 is 0 Å². The summed E-state index contributed by atoms with van der Waals surface area (Å²) in [6.45, 7) is 3.43. The lowest BCUT2D eigenvalue weighted by molar-refractivity contribution is -0.147. The first-order valence-electron chi connectivity index (χ1n) is 7.29. The molecule has 6 nitrogen and oxygen atoms in total. The zero-order chi connectivity index (χ0) is 17.9. The van der Waals surface area contributed by atoms with Gasteiger partial charge in [-0.15, -0.1) is 0 Å². The first kappa shape index (κ1) is 17.6. The predicted octanol–water partition coefficient (Wildman–Crippen LogP) is 2.17. The third-order valence-corrected chi connectivity index (χ3v) is 3.52. The summed E-state index contributed by atoms with van der Waals surface area (Å²) in [7, 11) is 1.46. The van der Waals surface area contributed by atoms with Crippen molar-refractivity contribution < 1.29 is 23.1 Å². The van der Waals surface area contributed by atoms with Crippen LogP contribution in [0.3, 0.4) is 0 Å². The summed E-state index contributed by atoms with van der Waals surface area (Å²) in [5, 5.41) is 3.91. The van der Waals surface area contributed by atoms with E-state index in [-0.39, 0.29) is 17.9 Å². The van der Waals surface area contributed by atoms with Gasteiger partial charge < -0.3 is 9.64 Å². The minimum absolute atomic E-state index is 0.0107. The normalized spacial score (nSPS) is 11.9. The van der Waals surface area contributed by atoms with Crippen molar-refractivity contribution in [2.24, 2.45) is 0 Å². The van der Waals surface area contributed by atoms with Crippen molar-refractivity contribution in [3.05, 3.63) is 47.8 Å². The number of hydrogen-bond donors (Lipinski definition) is 0. The molecule has 1 heterocycles. The van der Waals surface area contributed by atoms with Crippen LogP contribution in [-0.4, -0.2) is 46.3 Å². The molecule has 0 spiro atoms. The predicted molar refractivity (Wildman–Crippen MR) is 81.7 cm³/mol. The largest absolute Gasteiger partial charge is 0.464 e. The van der Waals surface area contributed by atoms with E-state index in [0.717, 1.165) is 16.8 Å². The van der Waals surface area contributed by atoms with Crippen molar-refractivity contribution in [1.82, 2.24) is 14.7 Å². The van der Waals surface area contributed by atoms with Gasteiger partial charge in [-0.1, -0.05) is 0 Å². The smallest absolute Gasteiger partial charge is 0.328 e. The third kappa shape index (κ3) is 3.58. The van der Waals surface area contributed by atoms with E-state index in [0.29, 0.717) is 0 Å². The van der Waals surface area contributed by atoms with Gasteiger partial charge >= 0.3 is 5.97 Å². The number of carbonyl (C=O) groups excluding carboxylic acids is 2. The quantitative estimate of drug-likeness (QED) is 0.785. The monoisotopic (exact) mass is 337 g/mol. The van der Waals surface area contributed by atoms with Crippen LogP contribution in [0.5, 0.6) is 0 Å². The van der Waals surface area contributed by atoms with E-state index in [9.17, 15) is 18.4 Å². The minimum Gasteiger partial charge on any atom is -0.464 e. The van der Waals surface area contributed by atoms with Crippen LogP contribution >= 0.6 is 0 Å². The SMILES string of the molecule is CCOC(=O)[C@H](C)N(C)C(=O)c1cnn(-c2ccc(F)cc2F)c1. The Labute approximate surface area is 137 Å². The van der Waals surface area contributed by atoms with Gasteiger partial charge in [-0.2, -0.15) is 5.10 Å². The van der Waals surface area contributed by atoms with Crippen LogP contribution in [0.2, 0.25) is 0 Å². The number of esters is 1. The molecular formula is C16H17F2N3O3. The van der Waals surface area contributed by atoms with Gasteiger partial charge in [-0.25, -0.2) is 18.3 Å². The van der Waals surface area contributed by atoms with Crippen molar-refractivity contribution in [3.63, 3.8) is 0 Å². The molecule has 0 radical (unpaired) electrons. The van der Waals surface area contributed by atoms with Crippen molar-refractivity contribution in [2.75, 3.05) is 13.7 Å². The van der Waals surface area contributed by atoms with Gasteiger partial charge in [0.1, 0.15) is 17.5 Å². The topological polar surface area (TPSA) is 64.4 Å². The molecule has 2 rings (SSSR count). The highest BCUT2D eigenvalue weighted by molar-refractivity contribution is 5.96. The van der Waals surface area contributed by atoms with Crippen LogP contribution in [0.15, 0.2) is 30.6 Å². The van der Waals surface area contributed by atoms with Crippen LogP contribution in [0.25, 0.3) is 5.69 Å². The van der Waals surface area contributed by atoms with E-state index in [1.807, 2.05) is 0 Å². The molecule has 1 amide bonds. The summed E-state index contributed by atoms with van der Waals surface area (Å²) >= 11 is 0. The molecule has 0 aliphatic heterocycles. The highest BCUT2D eigenvalue weighted by Gasteiger charge is 2.25. The molecule has 0 fully saturated rings. The van der Waals surface area contributed by atoms with Gasteiger partial charge in [0, 0.05) is 19.3 Å². The van der Waals surface area contributed by atoms with Crippen LogP contribution in [0, 0.1) is 11.6 Å². The zero-order valence-electron chi connectivity index (χ0n) is 13.5. The molecule has 0 bridgehead atoms. The average Bonchev–Trinajstić information content (AvgIpc) is 3.02. The highest BCUT2D eigenvalue weighted by Crippen LogP contribution is 2.15. The lowest BCUT2D eigenvalue weighted by Gasteiger charge is -2.22. The van der Waals surface area contributed by atoms with Gasteiger partial charge in [-0.3, -0.25) is 4.79 Å². The van der Waals surface area contributed by atoms with E-state index in [1.165, 1.54) is 30.4 Å². The number of rotatable bonds is 5. The summed E-state index contributed by atoms with van der Waals surface area (Å²) in [6.07, 6.45) is 2.56. The number of benzene rings is 1. The molecule has 2 aromatic rings. The fraction of sp³-hybridized carbons (Fsp3) is 0.312. The van der Waals surface area contributed by atoms with Crippen molar-refractivity contribution in [1.29, 1.82) is 0 Å². The molecule has 0 N–H and O–H groups in total. The molecule has 0 unspecified atom stereocenters. The van der Waals surface area contributed by atoms with E-state index in [2.05, 4.69) is 5.10 Å². The molecule has 0 aliphatic rings. The summed E-state index contributed by atoms with van der Waals surface area (Å²) in [5.74, 6) is -2.50. The first-order valence-corrected chi connectivity index (χ1v) is 7.29. The Morgan fingerprint density at radius 2 is 2.08 bits per heavy atom. The third-order valence-electron chi connectivity index (χ3n) is 3.52. The maximum Gasteiger partial charge on any atom is 0.328 e. The number of carbonyl (C=O) groups is 2. The van der Waals surface area contributed by atoms with Gasteiger partial charge in [-0.05, 0) is 26.0 Å². The number of likely N-dealkylation sites (N-methyl/N-ethyl adjacent to an activating group) is 1. The fourth-order valence-corrected chi connectivity index (χ4v) is 2.03.